The standard InChI is InChI=1S/C23H29ClO5S/c1-2-3-4-14-5-7-15(8-6-14)11-16-12-17(24)9-10-18(16)29-23-22(28)21(27)20(26)19(13-25)30-23/h5-10,12,19-23,25-28H,2-4,11,13H2,1H3/t19-,20+,21-,22+,23-/m0/s1. The quantitative estimate of drug-likeness (QED) is 0.492. The van der Waals surface area contributed by atoms with Gasteiger partial charge in [-0.25, -0.2) is 0 Å². The maximum absolute atomic E-state index is 10.4. The molecule has 164 valence electrons. The van der Waals surface area contributed by atoms with E-state index in [9.17, 15) is 20.4 Å². The zero-order valence-electron chi connectivity index (χ0n) is 16.9. The Morgan fingerprint density at radius 1 is 0.967 bits per heavy atom. The van der Waals surface area contributed by atoms with E-state index in [-0.39, 0.29) is 6.61 Å². The summed E-state index contributed by atoms with van der Waals surface area (Å²) in [6.07, 6.45) is 0.117. The molecule has 1 heterocycles. The first-order valence-electron chi connectivity index (χ1n) is 10.3. The second-order valence-electron chi connectivity index (χ2n) is 7.66. The van der Waals surface area contributed by atoms with Crippen LogP contribution in [0, 0.1) is 0 Å². The fourth-order valence-electron chi connectivity index (χ4n) is 3.52. The van der Waals surface area contributed by atoms with Crippen LogP contribution in [-0.2, 0) is 12.8 Å². The molecule has 2 aromatic carbocycles. The van der Waals surface area contributed by atoms with Gasteiger partial charge in [-0.3, -0.25) is 0 Å². The molecule has 4 N–H and O–H groups in total. The number of hydrogen-bond acceptors (Lipinski definition) is 6. The van der Waals surface area contributed by atoms with Gasteiger partial charge >= 0.3 is 0 Å². The van der Waals surface area contributed by atoms with Crippen LogP contribution in [0.2, 0.25) is 5.02 Å². The van der Waals surface area contributed by atoms with E-state index in [0.29, 0.717) is 17.2 Å². The minimum absolute atomic E-state index is 0.326. The summed E-state index contributed by atoms with van der Waals surface area (Å²) in [5, 5.41) is 39.9. The molecule has 0 amide bonds. The second-order valence-corrected chi connectivity index (χ2v) is 9.44. The predicted molar refractivity (Wildman–Crippen MR) is 120 cm³/mol. The SMILES string of the molecule is CCCCc1ccc(Cc2cc(Cl)ccc2O[C@H]2S[C@@H](CO)[C@@H](O)[C@H](O)[C@H]2O)cc1. The molecule has 0 saturated carbocycles. The molecule has 3 rings (SSSR count). The van der Waals surface area contributed by atoms with Crippen molar-refractivity contribution in [2.24, 2.45) is 0 Å². The average molecular weight is 453 g/mol. The van der Waals surface area contributed by atoms with E-state index in [1.165, 1.54) is 18.4 Å². The zero-order valence-corrected chi connectivity index (χ0v) is 18.5. The molecule has 30 heavy (non-hydrogen) atoms. The summed E-state index contributed by atoms with van der Waals surface area (Å²) < 4.78 is 6.03. The van der Waals surface area contributed by atoms with Gasteiger partial charge in [0.15, 0.2) is 5.44 Å². The summed E-state index contributed by atoms with van der Waals surface area (Å²) in [5.41, 5.74) is 2.46. The first kappa shape index (κ1) is 23.4. The molecule has 7 heteroatoms. The van der Waals surface area contributed by atoms with Crippen LogP contribution in [0.5, 0.6) is 5.75 Å². The van der Waals surface area contributed by atoms with Crippen LogP contribution in [0.3, 0.4) is 0 Å². The van der Waals surface area contributed by atoms with Gasteiger partial charge in [-0.2, -0.15) is 0 Å². The smallest absolute Gasteiger partial charge is 0.173 e. The van der Waals surface area contributed by atoms with Gasteiger partial charge < -0.3 is 25.2 Å². The highest BCUT2D eigenvalue weighted by molar-refractivity contribution is 8.00. The van der Waals surface area contributed by atoms with Crippen molar-refractivity contribution in [2.75, 3.05) is 6.61 Å². The summed E-state index contributed by atoms with van der Waals surface area (Å²) in [4.78, 5) is 0. The van der Waals surface area contributed by atoms with E-state index < -0.39 is 29.0 Å². The van der Waals surface area contributed by atoms with E-state index in [0.717, 1.165) is 29.3 Å². The van der Waals surface area contributed by atoms with Crippen molar-refractivity contribution in [1.82, 2.24) is 0 Å². The van der Waals surface area contributed by atoms with E-state index >= 15 is 0 Å². The molecule has 0 spiro atoms. The highest BCUT2D eigenvalue weighted by Gasteiger charge is 2.44. The molecule has 2 aromatic rings. The Balaban J connectivity index is 1.77. The molecule has 5 atom stereocenters. The van der Waals surface area contributed by atoms with Crippen LogP contribution in [0.4, 0.5) is 0 Å². The van der Waals surface area contributed by atoms with Crippen LogP contribution < -0.4 is 4.74 Å². The Bertz CT molecular complexity index is 814. The van der Waals surface area contributed by atoms with Crippen molar-refractivity contribution in [3.05, 3.63) is 64.2 Å². The number of benzene rings is 2. The number of hydrogen-bond donors (Lipinski definition) is 4. The molecule has 0 bridgehead atoms. The van der Waals surface area contributed by atoms with Crippen molar-refractivity contribution in [3.8, 4) is 5.75 Å². The third-order valence-corrected chi connectivity index (χ3v) is 7.01. The Hall–Kier alpha value is -1.28. The van der Waals surface area contributed by atoms with Gasteiger partial charge in [0.25, 0.3) is 0 Å². The van der Waals surface area contributed by atoms with Crippen molar-refractivity contribution in [2.45, 2.75) is 61.6 Å². The molecule has 0 aromatic heterocycles. The first-order chi connectivity index (χ1) is 14.4. The lowest BCUT2D eigenvalue weighted by atomic mass is 10.0. The highest BCUT2D eigenvalue weighted by atomic mass is 35.5. The van der Waals surface area contributed by atoms with Crippen LogP contribution in [0.25, 0.3) is 0 Å². The molecule has 1 aliphatic rings. The summed E-state index contributed by atoms with van der Waals surface area (Å²) in [6, 6.07) is 13.8. The lowest BCUT2D eigenvalue weighted by Crippen LogP contribution is -2.55. The molecule has 1 fully saturated rings. The third kappa shape index (κ3) is 5.69. The normalized spacial score (nSPS) is 26.5. The van der Waals surface area contributed by atoms with Gasteiger partial charge in [-0.1, -0.05) is 49.2 Å². The number of aryl methyl sites for hydroxylation is 1. The predicted octanol–water partition coefficient (Wildman–Crippen LogP) is 3.17. The Morgan fingerprint density at radius 2 is 1.67 bits per heavy atom. The van der Waals surface area contributed by atoms with E-state index in [2.05, 4.69) is 31.2 Å². The molecular formula is C23H29ClO5S. The molecule has 0 aliphatic carbocycles. The zero-order chi connectivity index (χ0) is 21.7. The Morgan fingerprint density at radius 3 is 2.33 bits per heavy atom. The Labute approximate surface area is 186 Å². The van der Waals surface area contributed by atoms with Crippen molar-refractivity contribution in [1.29, 1.82) is 0 Å². The third-order valence-electron chi connectivity index (χ3n) is 5.35. The summed E-state index contributed by atoms with van der Waals surface area (Å²) in [6.45, 7) is 1.85. The highest BCUT2D eigenvalue weighted by Crippen LogP contribution is 2.36. The van der Waals surface area contributed by atoms with Gasteiger partial charge in [-0.15, -0.1) is 11.8 Å². The van der Waals surface area contributed by atoms with Crippen LogP contribution in [-0.4, -0.2) is 56.0 Å². The number of rotatable bonds is 8. The van der Waals surface area contributed by atoms with Gasteiger partial charge in [0, 0.05) is 17.0 Å². The van der Waals surface area contributed by atoms with Crippen LogP contribution in [0.1, 0.15) is 36.5 Å². The van der Waals surface area contributed by atoms with Crippen molar-refractivity contribution in [3.63, 3.8) is 0 Å². The molecule has 5 nitrogen and oxygen atoms in total. The Kier molecular flexibility index (Phi) is 8.45. The number of aliphatic hydroxyl groups excluding tert-OH is 4. The average Bonchev–Trinajstić information content (AvgIpc) is 2.75. The van der Waals surface area contributed by atoms with E-state index in [4.69, 9.17) is 16.3 Å². The number of aliphatic hydroxyl groups is 4. The number of thioether (sulfide) groups is 1. The summed E-state index contributed by atoms with van der Waals surface area (Å²) in [5.74, 6) is 0.547. The lowest BCUT2D eigenvalue weighted by molar-refractivity contribution is -0.0910. The van der Waals surface area contributed by atoms with Crippen LogP contribution >= 0.6 is 23.4 Å². The van der Waals surface area contributed by atoms with Gasteiger partial charge in [0.1, 0.15) is 18.0 Å². The maximum Gasteiger partial charge on any atom is 0.173 e. The molecule has 0 unspecified atom stereocenters. The number of unbranched alkanes of at least 4 members (excludes halogenated alkanes) is 1. The van der Waals surface area contributed by atoms with E-state index in [1.807, 2.05) is 6.07 Å². The minimum Gasteiger partial charge on any atom is -0.477 e. The van der Waals surface area contributed by atoms with Crippen molar-refractivity contribution >= 4 is 23.4 Å². The lowest BCUT2D eigenvalue weighted by Gasteiger charge is -2.39. The molecular weight excluding hydrogens is 424 g/mol. The fourth-order valence-corrected chi connectivity index (χ4v) is 4.94. The molecule has 1 aliphatic heterocycles. The first-order valence-corrected chi connectivity index (χ1v) is 11.6. The fraction of sp³-hybridized carbons (Fsp3) is 0.478. The van der Waals surface area contributed by atoms with Gasteiger partial charge in [-0.05, 0) is 42.2 Å². The summed E-state index contributed by atoms with van der Waals surface area (Å²) >= 11 is 7.32. The van der Waals surface area contributed by atoms with Gasteiger partial charge in [0.2, 0.25) is 0 Å². The number of ether oxygens (including phenoxy) is 1. The van der Waals surface area contributed by atoms with E-state index in [1.54, 1.807) is 12.1 Å². The number of halogens is 1. The van der Waals surface area contributed by atoms with Crippen molar-refractivity contribution < 1.29 is 25.2 Å². The second kappa shape index (κ2) is 10.8. The molecule has 1 saturated heterocycles. The monoisotopic (exact) mass is 452 g/mol. The molecule has 0 radical (unpaired) electrons. The maximum atomic E-state index is 10.4. The topological polar surface area (TPSA) is 90.2 Å². The van der Waals surface area contributed by atoms with Gasteiger partial charge in [0.05, 0.1) is 18.0 Å². The summed E-state index contributed by atoms with van der Waals surface area (Å²) in [7, 11) is 0. The largest absolute Gasteiger partial charge is 0.477 e. The minimum atomic E-state index is -1.39. The van der Waals surface area contributed by atoms with Crippen LogP contribution in [0.15, 0.2) is 42.5 Å².